The van der Waals surface area contributed by atoms with Crippen molar-refractivity contribution in [1.29, 1.82) is 0 Å². The minimum absolute atomic E-state index is 0.00819. The summed E-state index contributed by atoms with van der Waals surface area (Å²) in [5.74, 6) is 0.00819. The molecule has 7 nitrogen and oxygen atoms in total. The van der Waals surface area contributed by atoms with E-state index in [-0.39, 0.29) is 17.3 Å². The van der Waals surface area contributed by atoms with E-state index in [4.69, 9.17) is 17.3 Å². The molecule has 0 fully saturated rings. The number of nitrogens with two attached hydrogens (primary N) is 1. The zero-order chi connectivity index (χ0) is 14.8. The van der Waals surface area contributed by atoms with Crippen LogP contribution in [0.2, 0.25) is 5.02 Å². The molecule has 0 spiro atoms. The second-order valence-corrected chi connectivity index (χ2v) is 5.96. The van der Waals surface area contributed by atoms with Gasteiger partial charge in [-0.3, -0.25) is 9.52 Å². The maximum Gasteiger partial charge on any atom is 0.264 e. The van der Waals surface area contributed by atoms with Gasteiger partial charge in [0.05, 0.1) is 4.90 Å². The molecule has 0 aliphatic rings. The monoisotopic (exact) mass is 314 g/mol. The minimum Gasteiger partial charge on any atom is -0.326 e. The summed E-state index contributed by atoms with van der Waals surface area (Å²) in [7, 11) is -3.82. The van der Waals surface area contributed by atoms with E-state index in [1.54, 1.807) is 0 Å². The van der Waals surface area contributed by atoms with Crippen LogP contribution >= 0.6 is 11.6 Å². The third-order valence-corrected chi connectivity index (χ3v) is 4.19. The highest BCUT2D eigenvalue weighted by Gasteiger charge is 2.16. The predicted octanol–water partition coefficient (Wildman–Crippen LogP) is 0.683. The number of aromatic amines is 1. The Kier molecular flexibility index (Phi) is 4.07. The lowest BCUT2D eigenvalue weighted by Crippen LogP contribution is -2.16. The summed E-state index contributed by atoms with van der Waals surface area (Å²) in [6.45, 7) is 0.124. The first-order chi connectivity index (χ1) is 9.42. The highest BCUT2D eigenvalue weighted by molar-refractivity contribution is 7.92. The maximum absolute atomic E-state index is 12.1. The van der Waals surface area contributed by atoms with Crippen LogP contribution in [0.25, 0.3) is 0 Å². The van der Waals surface area contributed by atoms with Gasteiger partial charge in [0.2, 0.25) is 0 Å². The highest BCUT2D eigenvalue weighted by atomic mass is 35.5. The summed E-state index contributed by atoms with van der Waals surface area (Å²) in [5.41, 5.74) is 5.57. The third-order valence-electron chi connectivity index (χ3n) is 2.47. The first-order valence-corrected chi connectivity index (χ1v) is 7.35. The number of nitrogens with zero attached hydrogens (tertiary/aromatic N) is 1. The number of nitrogens with one attached hydrogen (secondary N) is 2. The molecular weight excluding hydrogens is 304 g/mol. The zero-order valence-electron chi connectivity index (χ0n) is 10.1. The molecular formula is C11H11ClN4O3S. The molecule has 0 saturated carbocycles. The Bertz CT molecular complexity index is 768. The predicted molar refractivity (Wildman–Crippen MR) is 75.0 cm³/mol. The Balaban J connectivity index is 2.35. The average Bonchev–Trinajstić information content (AvgIpc) is 2.41. The lowest BCUT2D eigenvalue weighted by molar-refractivity contribution is 0.600. The summed E-state index contributed by atoms with van der Waals surface area (Å²) in [6.07, 6.45) is 0. The van der Waals surface area contributed by atoms with Crippen molar-refractivity contribution in [2.45, 2.75) is 11.4 Å². The standard InChI is InChI=1S/C11H11ClN4O3S/c12-9-2-1-8(5-7(9)6-13)20(18,19)16-10-3-4-11(17)15-14-10/h1-5H,6,13H2,(H,14,16)(H,15,17). The third kappa shape index (κ3) is 3.16. The van der Waals surface area contributed by atoms with Crippen LogP contribution in [0.3, 0.4) is 0 Å². The molecule has 2 rings (SSSR count). The molecule has 1 aromatic heterocycles. The van der Waals surface area contributed by atoms with Gasteiger partial charge < -0.3 is 5.73 Å². The van der Waals surface area contributed by atoms with E-state index >= 15 is 0 Å². The van der Waals surface area contributed by atoms with Crippen molar-refractivity contribution >= 4 is 27.4 Å². The largest absolute Gasteiger partial charge is 0.326 e. The van der Waals surface area contributed by atoms with Crippen LogP contribution in [0.15, 0.2) is 40.0 Å². The van der Waals surface area contributed by atoms with Crippen LogP contribution in [-0.2, 0) is 16.6 Å². The lowest BCUT2D eigenvalue weighted by Gasteiger charge is -2.08. The first kappa shape index (κ1) is 14.5. The van der Waals surface area contributed by atoms with Crippen LogP contribution in [-0.4, -0.2) is 18.6 Å². The second kappa shape index (κ2) is 5.61. The van der Waals surface area contributed by atoms with Crippen molar-refractivity contribution in [2.75, 3.05) is 4.72 Å². The fourth-order valence-corrected chi connectivity index (χ4v) is 2.72. The normalized spacial score (nSPS) is 11.3. The van der Waals surface area contributed by atoms with Gasteiger partial charge in [-0.05, 0) is 29.8 Å². The second-order valence-electron chi connectivity index (χ2n) is 3.87. The van der Waals surface area contributed by atoms with Gasteiger partial charge in [0, 0.05) is 17.6 Å². The molecule has 0 radical (unpaired) electrons. The molecule has 2 aromatic rings. The van der Waals surface area contributed by atoms with Crippen molar-refractivity contribution < 1.29 is 8.42 Å². The van der Waals surface area contributed by atoms with Crippen molar-refractivity contribution in [3.05, 3.63) is 51.3 Å². The first-order valence-electron chi connectivity index (χ1n) is 5.49. The molecule has 1 heterocycles. The van der Waals surface area contributed by atoms with Gasteiger partial charge in [0.1, 0.15) is 0 Å². The van der Waals surface area contributed by atoms with Crippen molar-refractivity contribution in [2.24, 2.45) is 5.73 Å². The molecule has 106 valence electrons. The van der Waals surface area contributed by atoms with Gasteiger partial charge in [-0.1, -0.05) is 11.6 Å². The number of anilines is 1. The number of benzene rings is 1. The molecule has 4 N–H and O–H groups in total. The van der Waals surface area contributed by atoms with Gasteiger partial charge in [-0.15, -0.1) is 0 Å². The molecule has 0 bridgehead atoms. The summed E-state index contributed by atoms with van der Waals surface area (Å²) in [6, 6.07) is 6.62. The Morgan fingerprint density at radius 1 is 1.30 bits per heavy atom. The van der Waals surface area contributed by atoms with E-state index in [2.05, 4.69) is 14.9 Å². The molecule has 0 saturated heterocycles. The molecule has 9 heteroatoms. The molecule has 0 atom stereocenters. The Hall–Kier alpha value is -1.90. The van der Waals surface area contributed by atoms with Crippen molar-refractivity contribution in [3.63, 3.8) is 0 Å². The Labute approximate surface area is 119 Å². The summed E-state index contributed by atoms with van der Waals surface area (Å²) < 4.78 is 26.5. The fraction of sp³-hybridized carbons (Fsp3) is 0.0909. The lowest BCUT2D eigenvalue weighted by atomic mass is 10.2. The zero-order valence-corrected chi connectivity index (χ0v) is 11.7. The van der Waals surface area contributed by atoms with Gasteiger partial charge in [-0.2, -0.15) is 5.10 Å². The van der Waals surface area contributed by atoms with E-state index in [9.17, 15) is 13.2 Å². The summed E-state index contributed by atoms with van der Waals surface area (Å²) in [4.78, 5) is 10.9. The fourth-order valence-electron chi connectivity index (χ4n) is 1.47. The van der Waals surface area contributed by atoms with Gasteiger partial charge in [-0.25, -0.2) is 13.5 Å². The summed E-state index contributed by atoms with van der Waals surface area (Å²) >= 11 is 5.88. The molecule has 20 heavy (non-hydrogen) atoms. The quantitative estimate of drug-likeness (QED) is 0.767. The number of aromatic nitrogens is 2. The van der Waals surface area contributed by atoms with Gasteiger partial charge in [0.15, 0.2) is 5.82 Å². The number of hydrogen-bond acceptors (Lipinski definition) is 5. The van der Waals surface area contributed by atoms with E-state index < -0.39 is 15.6 Å². The van der Waals surface area contributed by atoms with Crippen LogP contribution in [0, 0.1) is 0 Å². The van der Waals surface area contributed by atoms with Gasteiger partial charge >= 0.3 is 0 Å². The molecule has 1 aromatic carbocycles. The Morgan fingerprint density at radius 3 is 2.65 bits per heavy atom. The average molecular weight is 315 g/mol. The number of hydrogen-bond donors (Lipinski definition) is 3. The highest BCUT2D eigenvalue weighted by Crippen LogP contribution is 2.21. The molecule has 0 amide bonds. The number of rotatable bonds is 4. The van der Waals surface area contributed by atoms with E-state index in [1.807, 2.05) is 0 Å². The van der Waals surface area contributed by atoms with E-state index in [0.29, 0.717) is 10.6 Å². The topological polar surface area (TPSA) is 118 Å². The number of halogens is 1. The van der Waals surface area contributed by atoms with Crippen molar-refractivity contribution in [3.8, 4) is 0 Å². The van der Waals surface area contributed by atoms with Crippen LogP contribution in [0.4, 0.5) is 5.82 Å². The van der Waals surface area contributed by atoms with Crippen molar-refractivity contribution in [1.82, 2.24) is 10.2 Å². The van der Waals surface area contributed by atoms with E-state index in [1.165, 1.54) is 24.3 Å². The Morgan fingerprint density at radius 2 is 2.05 bits per heavy atom. The smallest absolute Gasteiger partial charge is 0.264 e. The van der Waals surface area contributed by atoms with Crippen LogP contribution in [0.5, 0.6) is 0 Å². The molecule has 0 aliphatic heterocycles. The number of sulfonamides is 1. The number of H-pyrrole nitrogens is 1. The SMILES string of the molecule is NCc1cc(S(=O)(=O)Nc2ccc(=O)[nH]n2)ccc1Cl. The molecule has 0 aliphatic carbocycles. The van der Waals surface area contributed by atoms with E-state index in [0.717, 1.165) is 6.07 Å². The van der Waals surface area contributed by atoms with Gasteiger partial charge in [0.25, 0.3) is 15.6 Å². The molecule has 0 unspecified atom stereocenters. The van der Waals surface area contributed by atoms with Crippen LogP contribution < -0.4 is 16.0 Å². The van der Waals surface area contributed by atoms with Crippen LogP contribution in [0.1, 0.15) is 5.56 Å². The maximum atomic E-state index is 12.1. The minimum atomic E-state index is -3.82. The summed E-state index contributed by atoms with van der Waals surface area (Å²) in [5, 5.41) is 6.10.